The number of sulfonamides is 1. The molecule has 0 unspecified atom stereocenters. The Bertz CT molecular complexity index is 1100. The number of benzene rings is 2. The molecule has 0 spiro atoms. The highest BCUT2D eigenvalue weighted by molar-refractivity contribution is 7.90. The van der Waals surface area contributed by atoms with Crippen LogP contribution >= 0.6 is 23.2 Å². The van der Waals surface area contributed by atoms with Gasteiger partial charge in [-0.1, -0.05) is 23.2 Å². The molecule has 0 radical (unpaired) electrons. The van der Waals surface area contributed by atoms with Crippen molar-refractivity contribution in [3.8, 4) is 11.4 Å². The maximum atomic E-state index is 12.5. The SMILES string of the molecule is COc1ccc(Cl)c(S(=O)(=O)NC(=O)c2cn(-c3ccc(Cl)cc3)cn2)c1. The zero-order valence-electron chi connectivity index (χ0n) is 13.9. The van der Waals surface area contributed by atoms with Crippen molar-refractivity contribution in [1.82, 2.24) is 14.3 Å². The minimum absolute atomic E-state index is 0.0391. The lowest BCUT2D eigenvalue weighted by atomic mass is 10.3. The molecule has 0 bridgehead atoms. The summed E-state index contributed by atoms with van der Waals surface area (Å²) in [6, 6.07) is 10.9. The number of nitrogens with zero attached hydrogens (tertiary/aromatic N) is 2. The fourth-order valence-corrected chi connectivity index (χ4v) is 3.84. The Balaban J connectivity index is 1.84. The number of ether oxygens (including phenoxy) is 1. The number of amides is 1. The first-order valence-corrected chi connectivity index (χ1v) is 9.75. The lowest BCUT2D eigenvalue weighted by molar-refractivity contribution is 0.0977. The molecule has 140 valence electrons. The maximum absolute atomic E-state index is 12.5. The van der Waals surface area contributed by atoms with Gasteiger partial charge in [0.05, 0.1) is 12.1 Å². The zero-order valence-corrected chi connectivity index (χ0v) is 16.2. The Labute approximate surface area is 165 Å². The highest BCUT2D eigenvalue weighted by atomic mass is 35.5. The van der Waals surface area contributed by atoms with Gasteiger partial charge in [0.15, 0.2) is 0 Å². The van der Waals surface area contributed by atoms with E-state index in [0.717, 1.165) is 0 Å². The summed E-state index contributed by atoms with van der Waals surface area (Å²) >= 11 is 11.8. The van der Waals surface area contributed by atoms with E-state index in [1.807, 2.05) is 4.72 Å². The second kappa shape index (κ2) is 7.59. The first-order valence-electron chi connectivity index (χ1n) is 7.51. The summed E-state index contributed by atoms with van der Waals surface area (Å²) in [5.41, 5.74) is 0.636. The highest BCUT2D eigenvalue weighted by Gasteiger charge is 2.23. The van der Waals surface area contributed by atoms with E-state index in [0.29, 0.717) is 16.5 Å². The Kier molecular flexibility index (Phi) is 5.41. The third kappa shape index (κ3) is 4.24. The van der Waals surface area contributed by atoms with E-state index in [-0.39, 0.29) is 15.6 Å². The summed E-state index contributed by atoms with van der Waals surface area (Å²) in [5.74, 6) is -0.596. The van der Waals surface area contributed by atoms with Crippen LogP contribution < -0.4 is 9.46 Å². The Morgan fingerprint density at radius 2 is 1.85 bits per heavy atom. The highest BCUT2D eigenvalue weighted by Crippen LogP contribution is 2.26. The Hall–Kier alpha value is -2.55. The fourth-order valence-electron chi connectivity index (χ4n) is 2.24. The van der Waals surface area contributed by atoms with Crippen LogP contribution in [0.2, 0.25) is 10.0 Å². The van der Waals surface area contributed by atoms with E-state index in [1.165, 1.54) is 37.8 Å². The monoisotopic (exact) mass is 425 g/mol. The van der Waals surface area contributed by atoms with Crippen LogP contribution in [0.25, 0.3) is 5.69 Å². The predicted molar refractivity (Wildman–Crippen MR) is 101 cm³/mol. The van der Waals surface area contributed by atoms with Crippen LogP contribution in [0.15, 0.2) is 59.9 Å². The van der Waals surface area contributed by atoms with Crippen LogP contribution in [-0.2, 0) is 10.0 Å². The number of carbonyl (C=O) groups is 1. The average molecular weight is 426 g/mol. The summed E-state index contributed by atoms with van der Waals surface area (Å²) in [7, 11) is -2.82. The van der Waals surface area contributed by atoms with E-state index in [1.54, 1.807) is 28.8 Å². The van der Waals surface area contributed by atoms with Crippen LogP contribution in [0, 0.1) is 0 Å². The molecule has 0 saturated carbocycles. The molecule has 1 heterocycles. The van der Waals surface area contributed by atoms with Crippen molar-refractivity contribution in [3.05, 3.63) is 70.7 Å². The second-order valence-corrected chi connectivity index (χ2v) is 7.87. The van der Waals surface area contributed by atoms with Crippen LogP contribution in [0.4, 0.5) is 0 Å². The lowest BCUT2D eigenvalue weighted by Gasteiger charge is -2.09. The van der Waals surface area contributed by atoms with Crippen LogP contribution in [0.5, 0.6) is 5.75 Å². The van der Waals surface area contributed by atoms with Gasteiger partial charge in [0.2, 0.25) is 0 Å². The summed E-state index contributed by atoms with van der Waals surface area (Å²) in [6.45, 7) is 0. The molecule has 1 amide bonds. The normalized spacial score (nSPS) is 11.2. The van der Waals surface area contributed by atoms with Crippen molar-refractivity contribution in [2.75, 3.05) is 7.11 Å². The molecule has 3 aromatic rings. The van der Waals surface area contributed by atoms with Crippen molar-refractivity contribution in [2.45, 2.75) is 4.90 Å². The van der Waals surface area contributed by atoms with Gasteiger partial charge < -0.3 is 9.30 Å². The van der Waals surface area contributed by atoms with Gasteiger partial charge in [0, 0.05) is 23.0 Å². The standard InChI is InChI=1S/C17H13Cl2N3O4S/c1-26-13-6-7-14(19)16(8-13)27(24,25)21-17(23)15-9-22(10-20-15)12-4-2-11(18)3-5-12/h2-10H,1H3,(H,21,23). The number of aromatic nitrogens is 2. The van der Waals surface area contributed by atoms with E-state index in [4.69, 9.17) is 27.9 Å². The Morgan fingerprint density at radius 3 is 2.52 bits per heavy atom. The number of hydrogen-bond donors (Lipinski definition) is 1. The topological polar surface area (TPSA) is 90.3 Å². The van der Waals surface area contributed by atoms with Crippen molar-refractivity contribution in [2.24, 2.45) is 0 Å². The first-order chi connectivity index (χ1) is 12.8. The summed E-state index contributed by atoms with van der Waals surface area (Å²) in [5, 5.41) is 0.529. The number of hydrogen-bond acceptors (Lipinski definition) is 5. The van der Waals surface area contributed by atoms with Crippen LogP contribution in [0.1, 0.15) is 10.5 Å². The van der Waals surface area contributed by atoms with Crippen molar-refractivity contribution in [3.63, 3.8) is 0 Å². The molecule has 0 aliphatic rings. The second-order valence-electron chi connectivity index (χ2n) is 5.37. The van der Waals surface area contributed by atoms with E-state index in [2.05, 4.69) is 4.98 Å². The third-order valence-electron chi connectivity index (χ3n) is 3.59. The molecule has 0 atom stereocenters. The molecular weight excluding hydrogens is 413 g/mol. The number of carbonyl (C=O) groups excluding carboxylic acids is 1. The van der Waals surface area contributed by atoms with Crippen molar-refractivity contribution >= 4 is 39.1 Å². The summed E-state index contributed by atoms with van der Waals surface area (Å²) in [6.07, 6.45) is 2.80. The molecule has 0 fully saturated rings. The molecule has 1 aromatic heterocycles. The number of imidazole rings is 1. The zero-order chi connectivity index (χ0) is 19.6. The van der Waals surface area contributed by atoms with Gasteiger partial charge >= 0.3 is 0 Å². The minimum atomic E-state index is -4.21. The number of rotatable bonds is 5. The Morgan fingerprint density at radius 1 is 1.15 bits per heavy atom. The smallest absolute Gasteiger partial charge is 0.285 e. The van der Waals surface area contributed by atoms with Crippen LogP contribution in [0.3, 0.4) is 0 Å². The average Bonchev–Trinajstić information content (AvgIpc) is 3.12. The molecule has 0 aliphatic heterocycles. The van der Waals surface area contributed by atoms with Gasteiger partial charge in [0.25, 0.3) is 15.9 Å². The largest absolute Gasteiger partial charge is 0.497 e. The molecule has 1 N–H and O–H groups in total. The van der Waals surface area contributed by atoms with E-state index >= 15 is 0 Å². The molecule has 27 heavy (non-hydrogen) atoms. The molecular formula is C17H13Cl2N3O4S. The van der Waals surface area contributed by atoms with Gasteiger partial charge in [-0.3, -0.25) is 4.79 Å². The van der Waals surface area contributed by atoms with Gasteiger partial charge in [0.1, 0.15) is 22.7 Å². The van der Waals surface area contributed by atoms with Crippen LogP contribution in [-0.4, -0.2) is 31.0 Å². The number of halogens is 2. The lowest BCUT2D eigenvalue weighted by Crippen LogP contribution is -2.31. The van der Waals surface area contributed by atoms with Crippen molar-refractivity contribution < 1.29 is 17.9 Å². The number of nitrogens with one attached hydrogen (secondary N) is 1. The van der Waals surface area contributed by atoms with Crippen molar-refractivity contribution in [1.29, 1.82) is 0 Å². The van der Waals surface area contributed by atoms with Gasteiger partial charge in [-0.15, -0.1) is 0 Å². The fraction of sp³-hybridized carbons (Fsp3) is 0.0588. The maximum Gasteiger partial charge on any atom is 0.285 e. The molecule has 2 aromatic carbocycles. The minimum Gasteiger partial charge on any atom is -0.497 e. The van der Waals surface area contributed by atoms with Gasteiger partial charge in [-0.05, 0) is 36.4 Å². The number of methoxy groups -OCH3 is 1. The van der Waals surface area contributed by atoms with E-state index < -0.39 is 15.9 Å². The molecule has 3 rings (SSSR count). The summed E-state index contributed by atoms with van der Waals surface area (Å²) < 4.78 is 33.5. The van der Waals surface area contributed by atoms with Gasteiger partial charge in [-0.2, -0.15) is 0 Å². The molecule has 0 saturated heterocycles. The molecule has 0 aliphatic carbocycles. The van der Waals surface area contributed by atoms with Gasteiger partial charge in [-0.25, -0.2) is 18.1 Å². The molecule has 10 heteroatoms. The molecule has 7 nitrogen and oxygen atoms in total. The first kappa shape index (κ1) is 19.2. The summed E-state index contributed by atoms with van der Waals surface area (Å²) in [4.78, 5) is 16.0. The van der Waals surface area contributed by atoms with E-state index in [9.17, 15) is 13.2 Å². The third-order valence-corrected chi connectivity index (χ3v) is 5.66. The quantitative estimate of drug-likeness (QED) is 0.676. The predicted octanol–water partition coefficient (Wildman–Crippen LogP) is 3.31.